The van der Waals surface area contributed by atoms with E-state index >= 15 is 0 Å². The standard InChI is InChI=1S/C15H24FN3.HI/c1-4-5-6-9-18-15(17-3)19-11-13-8-7-12(2)14(16)10-13;/h7-8,10H,4-6,9,11H2,1-3H3,(H2,17,18,19);1H. The first kappa shape index (κ1) is 19.1. The number of nitrogens with one attached hydrogen (secondary N) is 2. The molecule has 2 N–H and O–H groups in total. The fraction of sp³-hybridized carbons (Fsp3) is 0.533. The van der Waals surface area contributed by atoms with E-state index in [4.69, 9.17) is 0 Å². The van der Waals surface area contributed by atoms with E-state index in [0.29, 0.717) is 12.1 Å². The number of aliphatic imine (C=N–C) groups is 1. The second kappa shape index (κ2) is 10.9. The molecule has 3 nitrogen and oxygen atoms in total. The SMILES string of the molecule is CCCCCNC(=NC)NCc1ccc(C)c(F)c1.I. The highest BCUT2D eigenvalue weighted by molar-refractivity contribution is 14.0. The van der Waals surface area contributed by atoms with Crippen molar-refractivity contribution in [3.63, 3.8) is 0 Å². The van der Waals surface area contributed by atoms with Crippen molar-refractivity contribution in [2.45, 2.75) is 39.7 Å². The molecule has 0 atom stereocenters. The molecule has 0 aliphatic heterocycles. The number of benzene rings is 1. The van der Waals surface area contributed by atoms with Gasteiger partial charge in [0.1, 0.15) is 5.82 Å². The molecular weight excluding hydrogens is 368 g/mol. The number of hydrogen-bond acceptors (Lipinski definition) is 1. The first-order valence-electron chi connectivity index (χ1n) is 6.87. The van der Waals surface area contributed by atoms with Crippen LogP contribution in [0.4, 0.5) is 4.39 Å². The monoisotopic (exact) mass is 393 g/mol. The Balaban J connectivity index is 0.00000361. The van der Waals surface area contributed by atoms with Crippen LogP contribution in [0.3, 0.4) is 0 Å². The van der Waals surface area contributed by atoms with E-state index in [9.17, 15) is 4.39 Å². The first-order valence-corrected chi connectivity index (χ1v) is 6.87. The van der Waals surface area contributed by atoms with Crippen molar-refractivity contribution in [3.8, 4) is 0 Å². The van der Waals surface area contributed by atoms with Gasteiger partial charge in [-0.25, -0.2) is 4.39 Å². The molecule has 0 heterocycles. The fourth-order valence-electron chi connectivity index (χ4n) is 1.73. The molecule has 0 spiro atoms. The van der Waals surface area contributed by atoms with Crippen molar-refractivity contribution >= 4 is 29.9 Å². The van der Waals surface area contributed by atoms with Gasteiger partial charge in [-0.05, 0) is 30.5 Å². The minimum absolute atomic E-state index is 0. The summed E-state index contributed by atoms with van der Waals surface area (Å²) in [5, 5.41) is 6.43. The second-order valence-electron chi connectivity index (χ2n) is 4.64. The summed E-state index contributed by atoms with van der Waals surface area (Å²) >= 11 is 0. The largest absolute Gasteiger partial charge is 0.356 e. The predicted molar refractivity (Wildman–Crippen MR) is 94.3 cm³/mol. The predicted octanol–water partition coefficient (Wildman–Crippen LogP) is 3.61. The maximum absolute atomic E-state index is 13.4. The topological polar surface area (TPSA) is 36.4 Å². The Bertz CT molecular complexity index is 422. The Labute approximate surface area is 138 Å². The lowest BCUT2D eigenvalue weighted by atomic mass is 10.1. The average Bonchev–Trinajstić information content (AvgIpc) is 2.42. The minimum atomic E-state index is -0.162. The molecule has 20 heavy (non-hydrogen) atoms. The van der Waals surface area contributed by atoms with Crippen molar-refractivity contribution in [1.82, 2.24) is 10.6 Å². The molecule has 0 bridgehead atoms. The molecule has 0 radical (unpaired) electrons. The summed E-state index contributed by atoms with van der Waals surface area (Å²) < 4.78 is 13.4. The lowest BCUT2D eigenvalue weighted by molar-refractivity contribution is 0.615. The van der Waals surface area contributed by atoms with Crippen molar-refractivity contribution in [2.75, 3.05) is 13.6 Å². The van der Waals surface area contributed by atoms with Crippen molar-refractivity contribution < 1.29 is 4.39 Å². The zero-order chi connectivity index (χ0) is 14.1. The normalized spacial score (nSPS) is 10.9. The summed E-state index contributed by atoms with van der Waals surface area (Å²) in [6.07, 6.45) is 3.56. The number of rotatable bonds is 6. The molecule has 0 saturated carbocycles. The van der Waals surface area contributed by atoms with Crippen LogP contribution in [0.2, 0.25) is 0 Å². The summed E-state index contributed by atoms with van der Waals surface area (Å²) in [5.41, 5.74) is 1.59. The Hall–Kier alpha value is -0.850. The number of unbranched alkanes of at least 4 members (excludes halogenated alkanes) is 2. The summed E-state index contributed by atoms with van der Waals surface area (Å²) in [4.78, 5) is 4.14. The zero-order valence-electron chi connectivity index (χ0n) is 12.5. The van der Waals surface area contributed by atoms with Gasteiger partial charge in [0.15, 0.2) is 5.96 Å². The molecule has 0 aromatic heterocycles. The highest BCUT2D eigenvalue weighted by atomic mass is 127. The molecule has 0 amide bonds. The quantitative estimate of drug-likeness (QED) is 0.335. The van der Waals surface area contributed by atoms with Gasteiger partial charge in [0.2, 0.25) is 0 Å². The lowest BCUT2D eigenvalue weighted by Gasteiger charge is -2.12. The molecule has 5 heteroatoms. The van der Waals surface area contributed by atoms with E-state index in [1.165, 1.54) is 12.8 Å². The molecule has 1 aromatic rings. The molecule has 0 aliphatic carbocycles. The third kappa shape index (κ3) is 7.07. The average molecular weight is 393 g/mol. The summed E-state index contributed by atoms with van der Waals surface area (Å²) in [5.74, 6) is 0.599. The Morgan fingerprint density at radius 3 is 2.60 bits per heavy atom. The number of aryl methyl sites for hydroxylation is 1. The van der Waals surface area contributed by atoms with Crippen LogP contribution < -0.4 is 10.6 Å². The Morgan fingerprint density at radius 2 is 2.00 bits per heavy atom. The van der Waals surface area contributed by atoms with Crippen LogP contribution in [0, 0.1) is 12.7 Å². The van der Waals surface area contributed by atoms with Gasteiger partial charge in [-0.3, -0.25) is 4.99 Å². The highest BCUT2D eigenvalue weighted by Gasteiger charge is 2.01. The summed E-state index contributed by atoms with van der Waals surface area (Å²) in [7, 11) is 1.74. The fourth-order valence-corrected chi connectivity index (χ4v) is 1.73. The van der Waals surface area contributed by atoms with Crippen LogP contribution in [-0.2, 0) is 6.54 Å². The lowest BCUT2D eigenvalue weighted by Crippen LogP contribution is -2.37. The van der Waals surface area contributed by atoms with Crippen molar-refractivity contribution in [2.24, 2.45) is 4.99 Å². The highest BCUT2D eigenvalue weighted by Crippen LogP contribution is 2.08. The smallest absolute Gasteiger partial charge is 0.191 e. The number of nitrogens with zero attached hydrogens (tertiary/aromatic N) is 1. The van der Waals surface area contributed by atoms with Crippen molar-refractivity contribution in [1.29, 1.82) is 0 Å². The second-order valence-corrected chi connectivity index (χ2v) is 4.64. The number of halogens is 2. The van der Waals surface area contributed by atoms with Crippen molar-refractivity contribution in [3.05, 3.63) is 35.1 Å². The van der Waals surface area contributed by atoms with Crippen LogP contribution in [0.15, 0.2) is 23.2 Å². The van der Waals surface area contributed by atoms with Gasteiger partial charge in [-0.1, -0.05) is 31.9 Å². The van der Waals surface area contributed by atoms with E-state index in [1.54, 1.807) is 26.1 Å². The van der Waals surface area contributed by atoms with Gasteiger partial charge >= 0.3 is 0 Å². The molecule has 114 valence electrons. The third-order valence-corrected chi connectivity index (χ3v) is 2.99. The van der Waals surface area contributed by atoms with E-state index in [2.05, 4.69) is 22.5 Å². The number of guanidine groups is 1. The first-order chi connectivity index (χ1) is 9.17. The van der Waals surface area contributed by atoms with Gasteiger partial charge in [-0.2, -0.15) is 0 Å². The molecular formula is C15H25FIN3. The van der Waals surface area contributed by atoms with Gasteiger partial charge in [0.25, 0.3) is 0 Å². The summed E-state index contributed by atoms with van der Waals surface area (Å²) in [6.45, 7) is 5.43. The van der Waals surface area contributed by atoms with Crippen LogP contribution in [-0.4, -0.2) is 19.6 Å². The molecule has 0 saturated heterocycles. The maximum Gasteiger partial charge on any atom is 0.191 e. The number of hydrogen-bond donors (Lipinski definition) is 2. The summed E-state index contributed by atoms with van der Waals surface area (Å²) in [6, 6.07) is 5.28. The molecule has 0 aliphatic rings. The van der Waals surface area contributed by atoms with Crippen LogP contribution in [0.25, 0.3) is 0 Å². The van der Waals surface area contributed by atoms with Gasteiger partial charge in [0, 0.05) is 20.1 Å². The molecule has 0 fully saturated rings. The minimum Gasteiger partial charge on any atom is -0.356 e. The van der Waals surface area contributed by atoms with E-state index in [-0.39, 0.29) is 29.8 Å². The maximum atomic E-state index is 13.4. The van der Waals surface area contributed by atoms with Gasteiger partial charge in [-0.15, -0.1) is 24.0 Å². The van der Waals surface area contributed by atoms with Gasteiger partial charge < -0.3 is 10.6 Å². The third-order valence-electron chi connectivity index (χ3n) is 2.99. The van der Waals surface area contributed by atoms with Crippen LogP contribution in [0.5, 0.6) is 0 Å². The molecule has 1 aromatic carbocycles. The van der Waals surface area contributed by atoms with E-state index in [0.717, 1.165) is 24.5 Å². The Kier molecular flexibility index (Phi) is 10.4. The van der Waals surface area contributed by atoms with Crippen LogP contribution >= 0.6 is 24.0 Å². The molecule has 0 unspecified atom stereocenters. The molecule has 1 rings (SSSR count). The van der Waals surface area contributed by atoms with E-state index < -0.39 is 0 Å². The zero-order valence-corrected chi connectivity index (χ0v) is 14.8. The van der Waals surface area contributed by atoms with E-state index in [1.807, 2.05) is 6.07 Å². The Morgan fingerprint density at radius 1 is 1.25 bits per heavy atom. The van der Waals surface area contributed by atoms with Crippen LogP contribution in [0.1, 0.15) is 37.3 Å². The van der Waals surface area contributed by atoms with Gasteiger partial charge in [0.05, 0.1) is 0 Å².